The van der Waals surface area contributed by atoms with Gasteiger partial charge in [-0.2, -0.15) is 0 Å². The molecule has 2 aromatic rings. The summed E-state index contributed by atoms with van der Waals surface area (Å²) < 4.78 is 0. The Morgan fingerprint density at radius 2 is 1.75 bits per heavy atom. The highest BCUT2D eigenvalue weighted by atomic mass is 15.0. The van der Waals surface area contributed by atoms with Crippen molar-refractivity contribution in [3.63, 3.8) is 0 Å². The molecule has 0 aromatic carbocycles. The Morgan fingerprint density at radius 1 is 1.05 bits per heavy atom. The molecule has 108 valence electrons. The van der Waals surface area contributed by atoms with Crippen LogP contribution in [0, 0.1) is 18.3 Å². The monoisotopic (exact) mass is 271 g/mol. The Balaban J connectivity index is 1.76. The molecule has 0 atom stereocenters. The van der Waals surface area contributed by atoms with Crippen molar-refractivity contribution in [2.24, 2.45) is 11.3 Å². The Kier molecular flexibility index (Phi) is 3.31. The van der Waals surface area contributed by atoms with E-state index in [1.165, 1.54) is 25.7 Å². The maximum atomic E-state index is 4.72. The first-order valence-corrected chi connectivity index (χ1v) is 7.77. The minimum absolute atomic E-state index is 0.442. The van der Waals surface area contributed by atoms with Crippen LogP contribution < -0.4 is 0 Å². The molecule has 1 N–H and O–H groups in total. The highest BCUT2D eigenvalue weighted by molar-refractivity contribution is 5.70. The molecule has 2 aromatic heterocycles. The average Bonchev–Trinajstić information content (AvgIpc) is 2.80. The predicted octanol–water partition coefficient (Wildman–Crippen LogP) is 4.59. The number of pyridine rings is 1. The van der Waals surface area contributed by atoms with Crippen LogP contribution in [0.5, 0.6) is 0 Å². The van der Waals surface area contributed by atoms with Crippen LogP contribution in [-0.2, 0) is 0 Å². The van der Waals surface area contributed by atoms with E-state index in [2.05, 4.69) is 36.8 Å². The number of H-pyrrole nitrogens is 1. The minimum atomic E-state index is 0.442. The van der Waals surface area contributed by atoms with E-state index in [4.69, 9.17) is 4.98 Å². The summed E-state index contributed by atoms with van der Waals surface area (Å²) in [6.45, 7) is 9.12. The van der Waals surface area contributed by atoms with Crippen molar-refractivity contribution >= 4 is 11.2 Å². The summed E-state index contributed by atoms with van der Waals surface area (Å²) >= 11 is 0. The van der Waals surface area contributed by atoms with Crippen LogP contribution in [0.1, 0.15) is 63.9 Å². The highest BCUT2D eigenvalue weighted by Crippen LogP contribution is 2.42. The fraction of sp³-hybridized carbons (Fsp3) is 0.647. The number of hydrogen-bond donors (Lipinski definition) is 1. The number of aryl methyl sites for hydroxylation is 1. The van der Waals surface area contributed by atoms with Gasteiger partial charge in [-0.1, -0.05) is 20.8 Å². The zero-order chi connectivity index (χ0) is 14.3. The molecule has 0 bridgehead atoms. The summed E-state index contributed by atoms with van der Waals surface area (Å²) in [6, 6.07) is 4.13. The lowest BCUT2D eigenvalue weighted by Gasteiger charge is -2.36. The lowest BCUT2D eigenvalue weighted by molar-refractivity contribution is 0.167. The molecule has 0 saturated heterocycles. The van der Waals surface area contributed by atoms with E-state index in [0.29, 0.717) is 11.3 Å². The molecule has 20 heavy (non-hydrogen) atoms. The second kappa shape index (κ2) is 4.87. The number of nitrogens with zero attached hydrogens (tertiary/aromatic N) is 2. The van der Waals surface area contributed by atoms with Crippen molar-refractivity contribution in [3.8, 4) is 0 Å². The van der Waals surface area contributed by atoms with E-state index in [-0.39, 0.29) is 0 Å². The quantitative estimate of drug-likeness (QED) is 0.824. The summed E-state index contributed by atoms with van der Waals surface area (Å²) in [5, 5.41) is 0. The van der Waals surface area contributed by atoms with E-state index in [0.717, 1.165) is 28.6 Å². The molecule has 0 aliphatic heterocycles. The Morgan fingerprint density at radius 3 is 2.40 bits per heavy atom. The van der Waals surface area contributed by atoms with Gasteiger partial charge in [0.2, 0.25) is 0 Å². The maximum absolute atomic E-state index is 4.72. The van der Waals surface area contributed by atoms with Crippen molar-refractivity contribution in [2.45, 2.75) is 59.3 Å². The molecule has 0 radical (unpaired) electrons. The molecule has 3 nitrogen and oxygen atoms in total. The molecule has 2 heterocycles. The fourth-order valence-electron chi connectivity index (χ4n) is 3.43. The van der Waals surface area contributed by atoms with Gasteiger partial charge in [0.25, 0.3) is 0 Å². The minimum Gasteiger partial charge on any atom is -0.340 e. The number of aromatic amines is 1. The predicted molar refractivity (Wildman–Crippen MR) is 82.8 cm³/mol. The molecular weight excluding hydrogens is 246 g/mol. The second-order valence-corrected chi connectivity index (χ2v) is 7.36. The topological polar surface area (TPSA) is 41.6 Å². The first-order valence-electron chi connectivity index (χ1n) is 7.77. The van der Waals surface area contributed by atoms with Crippen LogP contribution in [0.4, 0.5) is 0 Å². The number of rotatable bonds is 1. The summed E-state index contributed by atoms with van der Waals surface area (Å²) in [5.74, 6) is 2.58. The Hall–Kier alpha value is -1.38. The molecule has 3 rings (SSSR count). The van der Waals surface area contributed by atoms with Crippen LogP contribution in [0.3, 0.4) is 0 Å². The van der Waals surface area contributed by atoms with Crippen molar-refractivity contribution in [1.29, 1.82) is 0 Å². The number of imidazole rings is 1. The number of nitrogens with one attached hydrogen (secondary N) is 1. The van der Waals surface area contributed by atoms with Crippen LogP contribution in [0.15, 0.2) is 12.1 Å². The van der Waals surface area contributed by atoms with E-state index in [9.17, 15) is 0 Å². The van der Waals surface area contributed by atoms with Crippen LogP contribution in [-0.4, -0.2) is 15.0 Å². The lowest BCUT2D eigenvalue weighted by atomic mass is 9.70. The second-order valence-electron chi connectivity index (χ2n) is 7.36. The van der Waals surface area contributed by atoms with Crippen molar-refractivity contribution in [2.75, 3.05) is 0 Å². The van der Waals surface area contributed by atoms with Gasteiger partial charge in [0.15, 0.2) is 5.65 Å². The maximum Gasteiger partial charge on any atom is 0.177 e. The van der Waals surface area contributed by atoms with Gasteiger partial charge in [-0.15, -0.1) is 0 Å². The fourth-order valence-corrected chi connectivity index (χ4v) is 3.43. The van der Waals surface area contributed by atoms with Crippen molar-refractivity contribution < 1.29 is 0 Å². The first-order chi connectivity index (χ1) is 9.43. The van der Waals surface area contributed by atoms with Crippen LogP contribution in [0.2, 0.25) is 0 Å². The average molecular weight is 271 g/mol. The van der Waals surface area contributed by atoms with Gasteiger partial charge in [-0.3, -0.25) is 0 Å². The standard InChI is InChI=1S/C17H25N3/c1-11-5-10-14-16(18-11)20-15(19-14)12-6-8-13(9-7-12)17(2,3)4/h5,10,12-13H,6-9H2,1-4H3,(H,18,19,20). The summed E-state index contributed by atoms with van der Waals surface area (Å²) in [5.41, 5.74) is 3.42. The van der Waals surface area contributed by atoms with Crippen molar-refractivity contribution in [3.05, 3.63) is 23.7 Å². The van der Waals surface area contributed by atoms with Gasteiger partial charge in [0.05, 0.1) is 5.52 Å². The Bertz CT molecular complexity index is 598. The zero-order valence-corrected chi connectivity index (χ0v) is 13.0. The molecule has 0 amide bonds. The molecule has 1 aliphatic carbocycles. The number of fused-ring (bicyclic) bond motifs is 1. The van der Waals surface area contributed by atoms with Gasteiger partial charge >= 0.3 is 0 Å². The summed E-state index contributed by atoms with van der Waals surface area (Å²) in [7, 11) is 0. The van der Waals surface area contributed by atoms with E-state index in [1.807, 2.05) is 13.0 Å². The lowest BCUT2D eigenvalue weighted by Crippen LogP contribution is -2.25. The summed E-state index contributed by atoms with van der Waals surface area (Å²) in [4.78, 5) is 12.7. The number of hydrogen-bond acceptors (Lipinski definition) is 2. The van der Waals surface area contributed by atoms with Gasteiger partial charge in [0.1, 0.15) is 5.82 Å². The molecule has 0 spiro atoms. The number of aromatic nitrogens is 3. The molecule has 3 heteroatoms. The SMILES string of the molecule is Cc1ccc2[nH]c(C3CCC(C(C)(C)C)CC3)nc2n1. The van der Waals surface area contributed by atoms with Crippen LogP contribution in [0.25, 0.3) is 11.2 Å². The van der Waals surface area contributed by atoms with E-state index in [1.54, 1.807) is 0 Å². The molecule has 1 saturated carbocycles. The Labute approximate surface area is 121 Å². The third-order valence-electron chi connectivity index (χ3n) is 4.84. The largest absolute Gasteiger partial charge is 0.340 e. The van der Waals surface area contributed by atoms with Gasteiger partial charge in [0, 0.05) is 11.6 Å². The zero-order valence-electron chi connectivity index (χ0n) is 13.0. The van der Waals surface area contributed by atoms with Gasteiger partial charge < -0.3 is 4.98 Å². The van der Waals surface area contributed by atoms with Crippen molar-refractivity contribution in [1.82, 2.24) is 15.0 Å². The van der Waals surface area contributed by atoms with Gasteiger partial charge in [-0.25, -0.2) is 9.97 Å². The highest BCUT2D eigenvalue weighted by Gasteiger charge is 2.31. The third-order valence-corrected chi connectivity index (χ3v) is 4.84. The first kappa shape index (κ1) is 13.6. The third kappa shape index (κ3) is 2.58. The van der Waals surface area contributed by atoms with E-state index >= 15 is 0 Å². The molecule has 1 fully saturated rings. The van der Waals surface area contributed by atoms with E-state index < -0.39 is 0 Å². The van der Waals surface area contributed by atoms with Gasteiger partial charge in [-0.05, 0) is 56.1 Å². The summed E-state index contributed by atoms with van der Waals surface area (Å²) in [6.07, 6.45) is 5.14. The molecular formula is C17H25N3. The normalized spacial score (nSPS) is 24.2. The van der Waals surface area contributed by atoms with Crippen LogP contribution >= 0.6 is 0 Å². The molecule has 0 unspecified atom stereocenters. The molecule has 1 aliphatic rings. The smallest absolute Gasteiger partial charge is 0.177 e.